The van der Waals surface area contributed by atoms with Crippen LogP contribution in [0, 0.1) is 5.92 Å². The minimum Gasteiger partial charge on any atom is -0.491 e. The fourth-order valence-electron chi connectivity index (χ4n) is 4.40. The summed E-state index contributed by atoms with van der Waals surface area (Å²) < 4.78 is 11.2. The highest BCUT2D eigenvalue weighted by molar-refractivity contribution is 6.36. The molecule has 1 unspecified atom stereocenters. The van der Waals surface area contributed by atoms with Gasteiger partial charge in [0.25, 0.3) is 0 Å². The summed E-state index contributed by atoms with van der Waals surface area (Å²) in [5, 5.41) is 8.20. The number of amides is 1. The lowest BCUT2D eigenvalue weighted by Gasteiger charge is -2.30. The van der Waals surface area contributed by atoms with E-state index in [0.29, 0.717) is 47.0 Å². The molecule has 0 radical (unpaired) electrons. The highest BCUT2D eigenvalue weighted by atomic mass is 35.5. The Morgan fingerprint density at radius 3 is 2.92 bits per heavy atom. The predicted molar refractivity (Wildman–Crippen MR) is 141 cm³/mol. The lowest BCUT2D eigenvalue weighted by molar-refractivity contribution is -0.126. The molecule has 2 aromatic carbocycles. The number of benzene rings is 2. The van der Waals surface area contributed by atoms with Crippen LogP contribution in [0.5, 0.6) is 5.75 Å². The Morgan fingerprint density at radius 1 is 1.25 bits per heavy atom. The zero-order valence-corrected chi connectivity index (χ0v) is 22.2. The molecule has 1 aliphatic rings. The largest absolute Gasteiger partial charge is 0.491 e. The summed E-state index contributed by atoms with van der Waals surface area (Å²) in [6, 6.07) is 13.3. The number of aryl methyl sites for hydroxylation is 1. The molecule has 4 rings (SSSR count). The molecule has 1 N–H and O–H groups in total. The Balaban J connectivity index is 1.23. The van der Waals surface area contributed by atoms with Crippen LogP contribution in [-0.2, 0) is 17.8 Å². The first-order valence-corrected chi connectivity index (χ1v) is 13.2. The number of nitrogens with zero attached hydrogens (tertiary/aromatic N) is 3. The fraction of sp³-hybridized carbons (Fsp3) is 0.444. The standard InChI is InChI=1S/C27H32Cl2N4O3/c1-18(2)35-22-9-3-6-19(14-22)7-4-12-30-27(34)20-8-5-13-33(16-20)17-25-31-26(32-36-25)23-11-10-21(28)15-24(23)29/h3,6,9-11,14-15,18,20H,4-5,7-8,12-13,16-17H2,1-2H3,(H,30,34). The molecule has 3 aromatic rings. The molecule has 0 bridgehead atoms. The monoisotopic (exact) mass is 530 g/mol. The molecule has 0 aliphatic carbocycles. The van der Waals surface area contributed by atoms with E-state index in [1.54, 1.807) is 18.2 Å². The van der Waals surface area contributed by atoms with E-state index in [4.69, 9.17) is 32.5 Å². The van der Waals surface area contributed by atoms with Crippen LogP contribution in [0.4, 0.5) is 0 Å². The second kappa shape index (κ2) is 12.6. The number of ether oxygens (including phenoxy) is 1. The van der Waals surface area contributed by atoms with E-state index in [-0.39, 0.29) is 17.9 Å². The van der Waals surface area contributed by atoms with Crippen LogP contribution in [0.2, 0.25) is 10.0 Å². The average molecular weight is 531 g/mol. The molecule has 1 amide bonds. The molecule has 7 nitrogen and oxygen atoms in total. The molecular formula is C27H32Cl2N4O3. The van der Waals surface area contributed by atoms with Crippen molar-refractivity contribution in [2.75, 3.05) is 19.6 Å². The van der Waals surface area contributed by atoms with Crippen LogP contribution < -0.4 is 10.1 Å². The molecule has 192 valence electrons. The number of aromatic nitrogens is 2. The van der Waals surface area contributed by atoms with Crippen molar-refractivity contribution in [3.63, 3.8) is 0 Å². The van der Waals surface area contributed by atoms with Gasteiger partial charge in [0.2, 0.25) is 17.6 Å². The second-order valence-corrected chi connectivity index (χ2v) is 10.3. The van der Waals surface area contributed by atoms with Crippen LogP contribution in [0.15, 0.2) is 47.0 Å². The van der Waals surface area contributed by atoms with Crippen molar-refractivity contribution in [3.8, 4) is 17.1 Å². The fourth-order valence-corrected chi connectivity index (χ4v) is 4.89. The molecule has 1 aromatic heterocycles. The summed E-state index contributed by atoms with van der Waals surface area (Å²) in [5.74, 6) is 1.88. The van der Waals surface area contributed by atoms with Crippen LogP contribution in [-0.4, -0.2) is 46.7 Å². The first kappa shape index (κ1) is 26.5. The van der Waals surface area contributed by atoms with Gasteiger partial charge in [-0.25, -0.2) is 0 Å². The topological polar surface area (TPSA) is 80.5 Å². The smallest absolute Gasteiger partial charge is 0.241 e. The van der Waals surface area contributed by atoms with Crippen molar-refractivity contribution >= 4 is 29.1 Å². The second-order valence-electron chi connectivity index (χ2n) is 9.42. The highest BCUT2D eigenvalue weighted by Gasteiger charge is 2.27. The number of carbonyl (C=O) groups is 1. The number of rotatable bonds is 10. The van der Waals surface area contributed by atoms with Gasteiger partial charge in [-0.2, -0.15) is 4.98 Å². The van der Waals surface area contributed by atoms with Gasteiger partial charge < -0.3 is 14.6 Å². The molecule has 36 heavy (non-hydrogen) atoms. The number of carbonyl (C=O) groups excluding carboxylic acids is 1. The summed E-state index contributed by atoms with van der Waals surface area (Å²) in [6.45, 7) is 6.74. The van der Waals surface area contributed by atoms with Crippen LogP contribution >= 0.6 is 23.2 Å². The summed E-state index contributed by atoms with van der Waals surface area (Å²) in [5.41, 5.74) is 1.89. The Morgan fingerprint density at radius 2 is 2.11 bits per heavy atom. The van der Waals surface area contributed by atoms with Gasteiger partial charge in [0, 0.05) is 23.7 Å². The summed E-state index contributed by atoms with van der Waals surface area (Å²) in [4.78, 5) is 19.5. The maximum Gasteiger partial charge on any atom is 0.241 e. The summed E-state index contributed by atoms with van der Waals surface area (Å²) in [7, 11) is 0. The number of halogens is 2. The van der Waals surface area contributed by atoms with Crippen LogP contribution in [0.25, 0.3) is 11.4 Å². The molecule has 2 heterocycles. The highest BCUT2D eigenvalue weighted by Crippen LogP contribution is 2.29. The SMILES string of the molecule is CC(C)Oc1cccc(CCCNC(=O)C2CCCN(Cc3nc(-c4ccc(Cl)cc4Cl)no3)C2)c1. The number of nitrogens with one attached hydrogen (secondary N) is 1. The molecule has 9 heteroatoms. The minimum absolute atomic E-state index is 0.0466. The number of likely N-dealkylation sites (tertiary alicyclic amines) is 1. The zero-order valence-electron chi connectivity index (χ0n) is 20.7. The van der Waals surface area contributed by atoms with E-state index >= 15 is 0 Å². The third-order valence-electron chi connectivity index (χ3n) is 6.09. The Labute approximate surface area is 222 Å². The van der Waals surface area contributed by atoms with Crippen molar-refractivity contribution in [2.24, 2.45) is 5.92 Å². The van der Waals surface area contributed by atoms with Crippen molar-refractivity contribution in [1.82, 2.24) is 20.4 Å². The Bertz CT molecular complexity index is 1170. The van der Waals surface area contributed by atoms with Crippen LogP contribution in [0.3, 0.4) is 0 Å². The third-order valence-corrected chi connectivity index (χ3v) is 6.63. The molecule has 1 saturated heterocycles. The maximum absolute atomic E-state index is 12.8. The maximum atomic E-state index is 12.8. The number of piperidine rings is 1. The van der Waals surface area contributed by atoms with Gasteiger partial charge in [-0.05, 0) is 82.0 Å². The van der Waals surface area contributed by atoms with E-state index < -0.39 is 0 Å². The minimum atomic E-state index is -0.0466. The van der Waals surface area contributed by atoms with Gasteiger partial charge in [0.1, 0.15) is 5.75 Å². The van der Waals surface area contributed by atoms with Crippen molar-refractivity contribution in [3.05, 3.63) is 64.0 Å². The van der Waals surface area contributed by atoms with E-state index in [1.165, 1.54) is 5.56 Å². The first-order valence-electron chi connectivity index (χ1n) is 12.4. The molecule has 0 spiro atoms. The molecule has 1 fully saturated rings. The van der Waals surface area contributed by atoms with E-state index in [1.807, 2.05) is 26.0 Å². The lowest BCUT2D eigenvalue weighted by atomic mass is 9.97. The van der Waals surface area contributed by atoms with Crippen molar-refractivity contribution < 1.29 is 14.1 Å². The van der Waals surface area contributed by atoms with Gasteiger partial charge in [-0.1, -0.05) is 40.5 Å². The zero-order chi connectivity index (χ0) is 25.5. The lowest BCUT2D eigenvalue weighted by Crippen LogP contribution is -2.43. The quantitative estimate of drug-likeness (QED) is 0.334. The molecule has 1 aliphatic heterocycles. The van der Waals surface area contributed by atoms with E-state index in [9.17, 15) is 4.79 Å². The predicted octanol–water partition coefficient (Wildman–Crippen LogP) is 5.79. The van der Waals surface area contributed by atoms with Gasteiger partial charge in [-0.3, -0.25) is 9.69 Å². The van der Waals surface area contributed by atoms with Gasteiger partial charge in [-0.15, -0.1) is 0 Å². The molecule has 1 atom stereocenters. The summed E-state index contributed by atoms with van der Waals surface area (Å²) >= 11 is 12.2. The van der Waals surface area contributed by atoms with E-state index in [2.05, 4.69) is 32.5 Å². The number of hydrogen-bond acceptors (Lipinski definition) is 6. The third kappa shape index (κ3) is 7.45. The van der Waals surface area contributed by atoms with Gasteiger partial charge in [0.15, 0.2) is 0 Å². The van der Waals surface area contributed by atoms with Gasteiger partial charge >= 0.3 is 0 Å². The van der Waals surface area contributed by atoms with Gasteiger partial charge in [0.05, 0.1) is 23.6 Å². The number of hydrogen-bond donors (Lipinski definition) is 1. The summed E-state index contributed by atoms with van der Waals surface area (Å²) in [6.07, 6.45) is 3.75. The average Bonchev–Trinajstić information content (AvgIpc) is 3.29. The first-order chi connectivity index (χ1) is 17.4. The van der Waals surface area contributed by atoms with Crippen molar-refractivity contribution in [2.45, 2.75) is 52.2 Å². The van der Waals surface area contributed by atoms with E-state index in [0.717, 1.165) is 38.0 Å². The normalized spacial score (nSPS) is 16.3. The Kier molecular flexibility index (Phi) is 9.24. The van der Waals surface area contributed by atoms with Crippen LogP contribution in [0.1, 0.15) is 44.6 Å². The molecular weight excluding hydrogens is 499 g/mol. The Hall–Kier alpha value is -2.61. The molecule has 0 saturated carbocycles. The van der Waals surface area contributed by atoms with Crippen molar-refractivity contribution in [1.29, 1.82) is 0 Å².